The third-order valence-corrected chi connectivity index (χ3v) is 3.26. The molecule has 0 bridgehead atoms. The van der Waals surface area contributed by atoms with Gasteiger partial charge in [-0.2, -0.15) is 0 Å². The van der Waals surface area contributed by atoms with Gasteiger partial charge in [-0.15, -0.1) is 0 Å². The number of hydrogen-bond acceptors (Lipinski definition) is 2. The SMILES string of the molecule is Cc1ccc(Oc2ccc(Cl)cc2Br)c(C=O)c1. The van der Waals surface area contributed by atoms with Gasteiger partial charge < -0.3 is 4.74 Å². The highest BCUT2D eigenvalue weighted by Gasteiger charge is 2.07. The normalized spacial score (nSPS) is 10.2. The van der Waals surface area contributed by atoms with Crippen molar-refractivity contribution in [1.29, 1.82) is 0 Å². The molecule has 0 aliphatic rings. The second-order valence-corrected chi connectivity index (χ2v) is 5.13. The molecule has 2 nitrogen and oxygen atoms in total. The molecular weight excluding hydrogens is 316 g/mol. The summed E-state index contributed by atoms with van der Waals surface area (Å²) in [7, 11) is 0. The third-order valence-electron chi connectivity index (χ3n) is 2.41. The molecule has 0 spiro atoms. The van der Waals surface area contributed by atoms with Crippen LogP contribution in [0, 0.1) is 6.92 Å². The fraction of sp³-hybridized carbons (Fsp3) is 0.0714. The number of benzene rings is 2. The van der Waals surface area contributed by atoms with Gasteiger partial charge in [0.1, 0.15) is 11.5 Å². The van der Waals surface area contributed by atoms with Crippen molar-refractivity contribution in [2.24, 2.45) is 0 Å². The molecule has 92 valence electrons. The van der Waals surface area contributed by atoms with E-state index in [-0.39, 0.29) is 0 Å². The lowest BCUT2D eigenvalue weighted by molar-refractivity contribution is 0.112. The summed E-state index contributed by atoms with van der Waals surface area (Å²) in [5.41, 5.74) is 1.54. The summed E-state index contributed by atoms with van der Waals surface area (Å²) in [4.78, 5) is 11.0. The largest absolute Gasteiger partial charge is 0.455 e. The number of rotatable bonds is 3. The van der Waals surface area contributed by atoms with Crippen molar-refractivity contribution in [2.45, 2.75) is 6.92 Å². The number of carbonyl (C=O) groups is 1. The predicted molar refractivity (Wildman–Crippen MR) is 75.8 cm³/mol. The van der Waals surface area contributed by atoms with E-state index in [0.717, 1.165) is 16.3 Å². The van der Waals surface area contributed by atoms with Crippen molar-refractivity contribution in [3.63, 3.8) is 0 Å². The van der Waals surface area contributed by atoms with E-state index in [0.29, 0.717) is 22.1 Å². The fourth-order valence-electron chi connectivity index (χ4n) is 1.53. The van der Waals surface area contributed by atoms with Crippen LogP contribution in [0.2, 0.25) is 5.02 Å². The molecule has 0 amide bonds. The van der Waals surface area contributed by atoms with Crippen LogP contribution in [0.4, 0.5) is 0 Å². The summed E-state index contributed by atoms with van der Waals surface area (Å²) in [5.74, 6) is 1.14. The summed E-state index contributed by atoms with van der Waals surface area (Å²) >= 11 is 9.23. The van der Waals surface area contributed by atoms with E-state index >= 15 is 0 Å². The van der Waals surface area contributed by atoms with Gasteiger partial charge >= 0.3 is 0 Å². The van der Waals surface area contributed by atoms with Crippen molar-refractivity contribution < 1.29 is 9.53 Å². The van der Waals surface area contributed by atoms with Gasteiger partial charge in [-0.25, -0.2) is 0 Å². The van der Waals surface area contributed by atoms with E-state index in [9.17, 15) is 4.79 Å². The molecule has 0 aliphatic carbocycles. The molecule has 2 rings (SSSR count). The van der Waals surface area contributed by atoms with Gasteiger partial charge in [0.2, 0.25) is 0 Å². The Morgan fingerprint density at radius 1 is 1.17 bits per heavy atom. The Kier molecular flexibility index (Phi) is 4.04. The van der Waals surface area contributed by atoms with Crippen molar-refractivity contribution in [3.8, 4) is 11.5 Å². The van der Waals surface area contributed by atoms with Crippen LogP contribution in [0.5, 0.6) is 11.5 Å². The first kappa shape index (κ1) is 13.1. The van der Waals surface area contributed by atoms with Gasteiger partial charge in [-0.05, 0) is 53.2 Å². The smallest absolute Gasteiger partial charge is 0.153 e. The standard InChI is InChI=1S/C14H10BrClO2/c1-9-2-4-13(10(6-9)8-17)18-14-5-3-11(16)7-12(14)15/h2-8H,1H3. The summed E-state index contributed by atoms with van der Waals surface area (Å²) in [5, 5.41) is 0.619. The zero-order valence-corrected chi connectivity index (χ0v) is 12.0. The molecule has 4 heteroatoms. The van der Waals surface area contributed by atoms with E-state index in [1.165, 1.54) is 0 Å². The highest BCUT2D eigenvalue weighted by molar-refractivity contribution is 9.10. The average Bonchev–Trinajstić information content (AvgIpc) is 2.34. The van der Waals surface area contributed by atoms with Crippen LogP contribution in [0.3, 0.4) is 0 Å². The van der Waals surface area contributed by atoms with Gasteiger partial charge in [0.15, 0.2) is 6.29 Å². The highest BCUT2D eigenvalue weighted by atomic mass is 79.9. The van der Waals surface area contributed by atoms with Gasteiger partial charge in [0.25, 0.3) is 0 Å². The van der Waals surface area contributed by atoms with Crippen LogP contribution in [0.25, 0.3) is 0 Å². The molecule has 18 heavy (non-hydrogen) atoms. The quantitative estimate of drug-likeness (QED) is 0.741. The number of carbonyl (C=O) groups excluding carboxylic acids is 1. The summed E-state index contributed by atoms with van der Waals surface area (Å²) in [6, 6.07) is 10.7. The summed E-state index contributed by atoms with van der Waals surface area (Å²) < 4.78 is 6.45. The van der Waals surface area contributed by atoms with Crippen molar-refractivity contribution in [1.82, 2.24) is 0 Å². The molecule has 0 radical (unpaired) electrons. The Morgan fingerprint density at radius 2 is 1.89 bits per heavy atom. The second-order valence-electron chi connectivity index (χ2n) is 3.84. The van der Waals surface area contributed by atoms with E-state index in [1.807, 2.05) is 13.0 Å². The van der Waals surface area contributed by atoms with Crippen LogP contribution < -0.4 is 4.74 Å². The molecule has 0 unspecified atom stereocenters. The van der Waals surface area contributed by atoms with Gasteiger partial charge in [0.05, 0.1) is 10.0 Å². The molecule has 0 saturated heterocycles. The van der Waals surface area contributed by atoms with E-state index < -0.39 is 0 Å². The van der Waals surface area contributed by atoms with E-state index in [4.69, 9.17) is 16.3 Å². The molecule has 0 saturated carbocycles. The van der Waals surface area contributed by atoms with E-state index in [1.54, 1.807) is 30.3 Å². The lowest BCUT2D eigenvalue weighted by atomic mass is 10.1. The number of hydrogen-bond donors (Lipinski definition) is 0. The minimum absolute atomic E-state index is 0.525. The maximum absolute atomic E-state index is 11.0. The maximum Gasteiger partial charge on any atom is 0.153 e. The number of aldehydes is 1. The summed E-state index contributed by atoms with van der Waals surface area (Å²) in [6.45, 7) is 1.93. The predicted octanol–water partition coefficient (Wildman–Crippen LogP) is 5.02. The Balaban J connectivity index is 2.36. The zero-order valence-electron chi connectivity index (χ0n) is 9.61. The number of aryl methyl sites for hydroxylation is 1. The lowest BCUT2D eigenvalue weighted by Gasteiger charge is -2.10. The molecule has 0 aromatic heterocycles. The first-order chi connectivity index (χ1) is 8.60. The molecule has 0 fully saturated rings. The second kappa shape index (κ2) is 5.55. The van der Waals surface area contributed by atoms with Crippen LogP contribution in [-0.2, 0) is 0 Å². The highest BCUT2D eigenvalue weighted by Crippen LogP contribution is 2.33. The van der Waals surface area contributed by atoms with Crippen molar-refractivity contribution in [2.75, 3.05) is 0 Å². The summed E-state index contributed by atoms with van der Waals surface area (Å²) in [6.07, 6.45) is 0.784. The molecule has 2 aromatic rings. The van der Waals surface area contributed by atoms with Gasteiger partial charge in [0, 0.05) is 5.02 Å². The molecule has 2 aromatic carbocycles. The van der Waals surface area contributed by atoms with Crippen LogP contribution in [0.1, 0.15) is 15.9 Å². The fourth-order valence-corrected chi connectivity index (χ4v) is 2.29. The van der Waals surface area contributed by atoms with Gasteiger partial charge in [-0.1, -0.05) is 23.2 Å². The number of ether oxygens (including phenoxy) is 1. The van der Waals surface area contributed by atoms with Crippen LogP contribution in [0.15, 0.2) is 40.9 Å². The van der Waals surface area contributed by atoms with Gasteiger partial charge in [-0.3, -0.25) is 4.79 Å². The molecule has 0 atom stereocenters. The minimum Gasteiger partial charge on any atom is -0.455 e. The zero-order chi connectivity index (χ0) is 13.1. The van der Waals surface area contributed by atoms with Crippen molar-refractivity contribution >= 4 is 33.8 Å². The third kappa shape index (κ3) is 2.92. The topological polar surface area (TPSA) is 26.3 Å². The van der Waals surface area contributed by atoms with Crippen molar-refractivity contribution in [3.05, 3.63) is 57.0 Å². The van der Waals surface area contributed by atoms with Crippen LogP contribution >= 0.6 is 27.5 Å². The Bertz CT molecular complexity index is 596. The monoisotopic (exact) mass is 324 g/mol. The first-order valence-electron chi connectivity index (χ1n) is 5.29. The number of halogens is 2. The minimum atomic E-state index is 0.525. The molecule has 0 N–H and O–H groups in total. The maximum atomic E-state index is 11.0. The molecule has 0 aliphatic heterocycles. The molecular formula is C14H10BrClO2. The first-order valence-corrected chi connectivity index (χ1v) is 6.46. The Hall–Kier alpha value is -1.32. The Labute approximate surface area is 119 Å². The van der Waals surface area contributed by atoms with E-state index in [2.05, 4.69) is 15.9 Å². The molecule has 0 heterocycles. The Morgan fingerprint density at radius 3 is 2.56 bits per heavy atom. The average molecular weight is 326 g/mol. The van der Waals surface area contributed by atoms with Crippen LogP contribution in [-0.4, -0.2) is 6.29 Å². The lowest BCUT2D eigenvalue weighted by Crippen LogP contribution is -1.92.